The molecule has 2 rings (SSSR count). The number of ether oxygens (including phenoxy) is 1. The van der Waals surface area contributed by atoms with Crippen molar-refractivity contribution in [3.8, 4) is 5.75 Å². The maximum Gasteiger partial charge on any atom is 0.341 e. The Kier molecular flexibility index (Phi) is 5.40. The number of aliphatic carboxylic acids is 1. The third kappa shape index (κ3) is 4.77. The SMILES string of the molecule is O=C(O)COc1ccc(/C=C/C(=O)c2cccc([N+](=O)[O-])c2)cc1. The van der Waals surface area contributed by atoms with Crippen molar-refractivity contribution in [2.24, 2.45) is 0 Å². The molecule has 7 heteroatoms. The van der Waals surface area contributed by atoms with Crippen molar-refractivity contribution in [1.29, 1.82) is 0 Å². The second kappa shape index (κ2) is 7.68. The smallest absolute Gasteiger partial charge is 0.341 e. The first-order valence-electron chi connectivity index (χ1n) is 6.87. The lowest BCUT2D eigenvalue weighted by Crippen LogP contribution is -2.09. The maximum absolute atomic E-state index is 12.0. The summed E-state index contributed by atoms with van der Waals surface area (Å²) in [5.74, 6) is -1.02. The number of nitro groups is 1. The molecule has 0 atom stereocenters. The zero-order valence-corrected chi connectivity index (χ0v) is 12.4. The molecule has 0 fully saturated rings. The van der Waals surface area contributed by atoms with Crippen LogP contribution in [0.3, 0.4) is 0 Å². The summed E-state index contributed by atoms with van der Waals surface area (Å²) in [6.45, 7) is -0.430. The van der Waals surface area contributed by atoms with Crippen LogP contribution in [0.15, 0.2) is 54.6 Å². The normalized spacial score (nSPS) is 10.5. The monoisotopic (exact) mass is 327 g/mol. The van der Waals surface area contributed by atoms with Gasteiger partial charge in [-0.05, 0) is 23.8 Å². The average molecular weight is 327 g/mol. The Hall–Kier alpha value is -3.48. The fourth-order valence-corrected chi connectivity index (χ4v) is 1.86. The fraction of sp³-hybridized carbons (Fsp3) is 0.0588. The Morgan fingerprint density at radius 3 is 2.50 bits per heavy atom. The summed E-state index contributed by atoms with van der Waals surface area (Å²) in [6.07, 6.45) is 2.87. The molecule has 1 N–H and O–H groups in total. The second-order valence-corrected chi connectivity index (χ2v) is 4.76. The van der Waals surface area contributed by atoms with E-state index in [4.69, 9.17) is 9.84 Å². The molecule has 0 aliphatic rings. The predicted octanol–water partition coefficient (Wildman–Crippen LogP) is 2.95. The Labute approximate surface area is 137 Å². The Balaban J connectivity index is 2.04. The molecular weight excluding hydrogens is 314 g/mol. The van der Waals surface area contributed by atoms with E-state index >= 15 is 0 Å². The molecular formula is C17H13NO6. The highest BCUT2D eigenvalue weighted by molar-refractivity contribution is 6.07. The van der Waals surface area contributed by atoms with Crippen LogP contribution in [0.2, 0.25) is 0 Å². The quantitative estimate of drug-likeness (QED) is 0.362. The molecule has 2 aromatic rings. The number of allylic oxidation sites excluding steroid dienone is 1. The van der Waals surface area contributed by atoms with Crippen LogP contribution in [-0.2, 0) is 4.79 Å². The van der Waals surface area contributed by atoms with E-state index in [-0.39, 0.29) is 17.0 Å². The fourth-order valence-electron chi connectivity index (χ4n) is 1.86. The van der Waals surface area contributed by atoms with Gasteiger partial charge in [-0.3, -0.25) is 14.9 Å². The van der Waals surface area contributed by atoms with Gasteiger partial charge in [-0.1, -0.05) is 30.3 Å². The summed E-state index contributed by atoms with van der Waals surface area (Å²) in [5, 5.41) is 19.2. The minimum absolute atomic E-state index is 0.144. The van der Waals surface area contributed by atoms with E-state index in [0.717, 1.165) is 0 Å². The molecule has 0 saturated carbocycles. The summed E-state index contributed by atoms with van der Waals surface area (Å²) in [7, 11) is 0. The minimum Gasteiger partial charge on any atom is -0.482 e. The van der Waals surface area contributed by atoms with Crippen LogP contribution in [-0.4, -0.2) is 28.4 Å². The highest BCUT2D eigenvalue weighted by atomic mass is 16.6. The number of nitrogens with zero attached hydrogens (tertiary/aromatic N) is 1. The molecule has 122 valence electrons. The standard InChI is InChI=1S/C17H13NO6/c19-16(13-2-1-3-14(10-13)18(22)23)9-6-12-4-7-15(8-5-12)24-11-17(20)21/h1-10H,11H2,(H,20,21)/b9-6+. The van der Waals surface area contributed by atoms with Crippen molar-refractivity contribution in [3.63, 3.8) is 0 Å². The Bertz CT molecular complexity index is 795. The first-order chi connectivity index (χ1) is 11.5. The van der Waals surface area contributed by atoms with E-state index in [1.807, 2.05) is 0 Å². The molecule has 0 heterocycles. The van der Waals surface area contributed by atoms with Crippen molar-refractivity contribution in [2.45, 2.75) is 0 Å². The lowest BCUT2D eigenvalue weighted by molar-refractivity contribution is -0.384. The first-order valence-corrected chi connectivity index (χ1v) is 6.87. The van der Waals surface area contributed by atoms with E-state index in [0.29, 0.717) is 11.3 Å². The molecule has 0 spiro atoms. The summed E-state index contributed by atoms with van der Waals surface area (Å²) in [5.41, 5.74) is 0.785. The summed E-state index contributed by atoms with van der Waals surface area (Å²) < 4.78 is 5.00. The third-order valence-electron chi connectivity index (χ3n) is 3.01. The van der Waals surface area contributed by atoms with Crippen LogP contribution >= 0.6 is 0 Å². The topological polar surface area (TPSA) is 107 Å². The van der Waals surface area contributed by atoms with Gasteiger partial charge in [-0.15, -0.1) is 0 Å². The van der Waals surface area contributed by atoms with Crippen LogP contribution in [0, 0.1) is 10.1 Å². The predicted molar refractivity (Wildman–Crippen MR) is 86.0 cm³/mol. The third-order valence-corrected chi connectivity index (χ3v) is 3.01. The van der Waals surface area contributed by atoms with E-state index in [1.165, 1.54) is 30.3 Å². The summed E-state index contributed by atoms with van der Waals surface area (Å²) >= 11 is 0. The molecule has 0 aliphatic carbocycles. The maximum atomic E-state index is 12.0. The Morgan fingerprint density at radius 1 is 1.17 bits per heavy atom. The molecule has 0 unspecified atom stereocenters. The number of rotatable bonds is 7. The van der Waals surface area contributed by atoms with Crippen molar-refractivity contribution in [1.82, 2.24) is 0 Å². The zero-order valence-electron chi connectivity index (χ0n) is 12.4. The van der Waals surface area contributed by atoms with Crippen LogP contribution < -0.4 is 4.74 Å². The number of ketones is 1. The van der Waals surface area contributed by atoms with Gasteiger partial charge in [0, 0.05) is 17.7 Å². The highest BCUT2D eigenvalue weighted by Crippen LogP contribution is 2.16. The van der Waals surface area contributed by atoms with Crippen molar-refractivity contribution >= 4 is 23.5 Å². The summed E-state index contributed by atoms with van der Waals surface area (Å²) in [6, 6.07) is 12.0. The van der Waals surface area contributed by atoms with E-state index in [9.17, 15) is 19.7 Å². The summed E-state index contributed by atoms with van der Waals surface area (Å²) in [4.78, 5) is 32.6. The number of carboxylic acid groups (broad SMARTS) is 1. The number of carbonyl (C=O) groups is 2. The molecule has 24 heavy (non-hydrogen) atoms. The van der Waals surface area contributed by atoms with Crippen molar-refractivity contribution in [3.05, 3.63) is 75.8 Å². The van der Waals surface area contributed by atoms with Gasteiger partial charge in [0.05, 0.1) is 4.92 Å². The second-order valence-electron chi connectivity index (χ2n) is 4.76. The molecule has 2 aromatic carbocycles. The number of benzene rings is 2. The molecule has 0 saturated heterocycles. The number of carboxylic acids is 1. The molecule has 0 bridgehead atoms. The molecule has 0 aliphatic heterocycles. The molecule has 0 amide bonds. The minimum atomic E-state index is -1.07. The number of non-ortho nitro benzene ring substituents is 1. The van der Waals surface area contributed by atoms with Crippen LogP contribution in [0.4, 0.5) is 5.69 Å². The van der Waals surface area contributed by atoms with E-state index in [1.54, 1.807) is 30.3 Å². The van der Waals surface area contributed by atoms with Gasteiger partial charge in [-0.2, -0.15) is 0 Å². The van der Waals surface area contributed by atoms with Crippen LogP contribution in [0.25, 0.3) is 6.08 Å². The zero-order chi connectivity index (χ0) is 17.5. The van der Waals surface area contributed by atoms with Gasteiger partial charge in [0.2, 0.25) is 0 Å². The van der Waals surface area contributed by atoms with Gasteiger partial charge in [0.15, 0.2) is 12.4 Å². The van der Waals surface area contributed by atoms with Gasteiger partial charge >= 0.3 is 5.97 Å². The lowest BCUT2D eigenvalue weighted by atomic mass is 10.1. The van der Waals surface area contributed by atoms with E-state index < -0.39 is 17.5 Å². The molecule has 0 aromatic heterocycles. The van der Waals surface area contributed by atoms with Crippen LogP contribution in [0.5, 0.6) is 5.75 Å². The van der Waals surface area contributed by atoms with Crippen LogP contribution in [0.1, 0.15) is 15.9 Å². The number of hydrogen-bond donors (Lipinski definition) is 1. The van der Waals surface area contributed by atoms with Gasteiger partial charge in [-0.25, -0.2) is 4.79 Å². The van der Waals surface area contributed by atoms with Crippen molar-refractivity contribution < 1.29 is 24.4 Å². The number of nitro benzene ring substituents is 1. The number of carbonyl (C=O) groups excluding carboxylic acids is 1. The van der Waals surface area contributed by atoms with Gasteiger partial charge in [0.25, 0.3) is 5.69 Å². The van der Waals surface area contributed by atoms with Crippen molar-refractivity contribution in [2.75, 3.05) is 6.61 Å². The van der Waals surface area contributed by atoms with Gasteiger partial charge in [0.1, 0.15) is 5.75 Å². The average Bonchev–Trinajstić information content (AvgIpc) is 2.58. The van der Waals surface area contributed by atoms with Gasteiger partial charge < -0.3 is 9.84 Å². The molecule has 0 radical (unpaired) electrons. The number of hydrogen-bond acceptors (Lipinski definition) is 5. The largest absolute Gasteiger partial charge is 0.482 e. The lowest BCUT2D eigenvalue weighted by Gasteiger charge is -2.02. The Morgan fingerprint density at radius 2 is 1.88 bits per heavy atom. The first kappa shape index (κ1) is 16.9. The molecule has 7 nitrogen and oxygen atoms in total. The highest BCUT2D eigenvalue weighted by Gasteiger charge is 2.09. The van der Waals surface area contributed by atoms with E-state index in [2.05, 4.69) is 0 Å².